The van der Waals surface area contributed by atoms with E-state index < -0.39 is 10.0 Å². The lowest BCUT2D eigenvalue weighted by Gasteiger charge is -2.22. The van der Waals surface area contributed by atoms with Gasteiger partial charge in [-0.05, 0) is 68.8 Å². The lowest BCUT2D eigenvalue weighted by molar-refractivity contribution is -0.121. The molecule has 0 spiro atoms. The highest BCUT2D eigenvalue weighted by Gasteiger charge is 2.27. The van der Waals surface area contributed by atoms with Crippen LogP contribution in [0.2, 0.25) is 0 Å². The second kappa shape index (κ2) is 9.69. The zero-order chi connectivity index (χ0) is 17.7. The summed E-state index contributed by atoms with van der Waals surface area (Å²) >= 11 is 0. The molecule has 0 bridgehead atoms. The van der Waals surface area contributed by atoms with Crippen molar-refractivity contribution in [1.82, 2.24) is 15.4 Å². The zero-order valence-corrected chi connectivity index (χ0v) is 16.5. The molecule has 2 fully saturated rings. The lowest BCUT2D eigenvalue weighted by atomic mass is 10.00. The van der Waals surface area contributed by atoms with Crippen LogP contribution < -0.4 is 15.4 Å². The zero-order valence-electron chi connectivity index (χ0n) is 14.9. The third-order valence-electron chi connectivity index (χ3n) is 4.76. The van der Waals surface area contributed by atoms with Crippen LogP contribution in [-0.4, -0.2) is 40.0 Å². The van der Waals surface area contributed by atoms with E-state index in [0.717, 1.165) is 44.5 Å². The van der Waals surface area contributed by atoms with Gasteiger partial charge in [-0.15, -0.1) is 12.4 Å². The summed E-state index contributed by atoms with van der Waals surface area (Å²) in [7, 11) is -3.40. The average molecular weight is 402 g/mol. The number of halogens is 1. The van der Waals surface area contributed by atoms with E-state index in [9.17, 15) is 13.2 Å². The van der Waals surface area contributed by atoms with E-state index in [-0.39, 0.29) is 29.3 Å². The fourth-order valence-corrected chi connectivity index (χ4v) is 4.33. The van der Waals surface area contributed by atoms with Gasteiger partial charge in [0.2, 0.25) is 15.9 Å². The van der Waals surface area contributed by atoms with Crippen LogP contribution in [0, 0.1) is 5.92 Å². The minimum absolute atomic E-state index is 0. The van der Waals surface area contributed by atoms with Gasteiger partial charge in [0.1, 0.15) is 0 Å². The van der Waals surface area contributed by atoms with Crippen molar-refractivity contribution in [2.24, 2.45) is 5.92 Å². The Kier molecular flexibility index (Phi) is 7.88. The van der Waals surface area contributed by atoms with Gasteiger partial charge in [-0.2, -0.15) is 0 Å². The Morgan fingerprint density at radius 3 is 2.50 bits per heavy atom. The van der Waals surface area contributed by atoms with Crippen LogP contribution in [0.25, 0.3) is 0 Å². The molecule has 1 heterocycles. The molecule has 146 valence electrons. The number of sulfonamides is 1. The van der Waals surface area contributed by atoms with Gasteiger partial charge in [-0.3, -0.25) is 4.79 Å². The summed E-state index contributed by atoms with van der Waals surface area (Å²) in [6.07, 6.45) is 5.22. The first-order valence-electron chi connectivity index (χ1n) is 9.11. The first kappa shape index (κ1) is 21.2. The molecule has 1 atom stereocenters. The van der Waals surface area contributed by atoms with Crippen molar-refractivity contribution < 1.29 is 13.2 Å². The van der Waals surface area contributed by atoms with Crippen molar-refractivity contribution in [2.75, 3.05) is 19.6 Å². The maximum absolute atomic E-state index is 12.1. The van der Waals surface area contributed by atoms with E-state index in [1.54, 1.807) is 24.3 Å². The fourth-order valence-electron chi connectivity index (χ4n) is 3.03. The van der Waals surface area contributed by atoms with Gasteiger partial charge in [0, 0.05) is 19.0 Å². The summed E-state index contributed by atoms with van der Waals surface area (Å²) < 4.78 is 26.9. The number of carbonyl (C=O) groups excluding carboxylic acids is 1. The third-order valence-corrected chi connectivity index (χ3v) is 6.30. The third kappa shape index (κ3) is 6.54. The molecule has 1 amide bonds. The minimum Gasteiger partial charge on any atom is -0.356 e. The van der Waals surface area contributed by atoms with Gasteiger partial charge in [0.25, 0.3) is 0 Å². The second-order valence-corrected chi connectivity index (χ2v) is 8.77. The number of hydrogen-bond donors (Lipinski definition) is 3. The number of hydrogen-bond acceptors (Lipinski definition) is 4. The maximum atomic E-state index is 12.1. The van der Waals surface area contributed by atoms with Gasteiger partial charge < -0.3 is 10.6 Å². The molecule has 1 unspecified atom stereocenters. The highest BCUT2D eigenvalue weighted by Crippen LogP contribution is 2.22. The molecule has 1 aliphatic heterocycles. The van der Waals surface area contributed by atoms with Gasteiger partial charge >= 0.3 is 0 Å². The predicted octanol–water partition coefficient (Wildman–Crippen LogP) is 1.60. The number of piperidine rings is 1. The Morgan fingerprint density at radius 2 is 1.88 bits per heavy atom. The van der Waals surface area contributed by atoms with Crippen LogP contribution in [-0.2, 0) is 21.2 Å². The molecule has 6 nitrogen and oxygen atoms in total. The van der Waals surface area contributed by atoms with E-state index in [0.29, 0.717) is 18.8 Å². The summed E-state index contributed by atoms with van der Waals surface area (Å²) in [5, 5.41) is 6.35. The maximum Gasteiger partial charge on any atom is 0.240 e. The molecule has 3 N–H and O–H groups in total. The second-order valence-electron chi connectivity index (χ2n) is 7.06. The first-order valence-corrected chi connectivity index (χ1v) is 10.6. The Labute approximate surface area is 162 Å². The van der Waals surface area contributed by atoms with Crippen molar-refractivity contribution in [3.63, 3.8) is 0 Å². The Morgan fingerprint density at radius 1 is 1.15 bits per heavy atom. The molecule has 1 saturated heterocycles. The van der Waals surface area contributed by atoms with E-state index in [2.05, 4.69) is 15.4 Å². The van der Waals surface area contributed by atoms with Gasteiger partial charge in [-0.25, -0.2) is 13.1 Å². The summed E-state index contributed by atoms with van der Waals surface area (Å²) in [5.41, 5.74) is 0.972. The Balaban J connectivity index is 0.00000243. The summed E-state index contributed by atoms with van der Waals surface area (Å²) in [6.45, 7) is 2.79. The normalized spacial score (nSPS) is 20.2. The topological polar surface area (TPSA) is 87.3 Å². The first-order chi connectivity index (χ1) is 12.0. The molecule has 0 aromatic heterocycles. The van der Waals surface area contributed by atoms with E-state index >= 15 is 0 Å². The monoisotopic (exact) mass is 401 g/mol. The molecule has 0 radical (unpaired) electrons. The van der Waals surface area contributed by atoms with E-state index in [1.165, 1.54) is 6.42 Å². The highest BCUT2D eigenvalue weighted by atomic mass is 35.5. The summed E-state index contributed by atoms with van der Waals surface area (Å²) in [4.78, 5) is 12.3. The van der Waals surface area contributed by atoms with Crippen LogP contribution in [0.1, 0.15) is 37.7 Å². The molecule has 1 aromatic carbocycles. The molecule has 26 heavy (non-hydrogen) atoms. The Hall–Kier alpha value is -1.15. The minimum atomic E-state index is -3.40. The fraction of sp³-hybridized carbons (Fsp3) is 0.611. The van der Waals surface area contributed by atoms with Crippen molar-refractivity contribution in [2.45, 2.75) is 49.5 Å². The number of rotatable bonds is 8. The molecule has 1 saturated carbocycles. The van der Waals surface area contributed by atoms with Gasteiger partial charge in [0.15, 0.2) is 0 Å². The number of aryl methyl sites for hydroxylation is 1. The number of amides is 1. The number of carbonyl (C=O) groups is 1. The van der Waals surface area contributed by atoms with Crippen LogP contribution in [0.4, 0.5) is 0 Å². The van der Waals surface area contributed by atoms with Crippen molar-refractivity contribution in [3.05, 3.63) is 29.8 Å². The summed E-state index contributed by atoms with van der Waals surface area (Å²) in [6, 6.07) is 6.92. The smallest absolute Gasteiger partial charge is 0.240 e. The average Bonchev–Trinajstić information content (AvgIpc) is 3.43. The van der Waals surface area contributed by atoms with Crippen LogP contribution in [0.3, 0.4) is 0 Å². The molecule has 2 aliphatic rings. The quantitative estimate of drug-likeness (QED) is 0.617. The van der Waals surface area contributed by atoms with Crippen LogP contribution in [0.5, 0.6) is 0 Å². The lowest BCUT2D eigenvalue weighted by Crippen LogP contribution is -2.38. The summed E-state index contributed by atoms with van der Waals surface area (Å²) in [5.74, 6) is 0.582. The van der Waals surface area contributed by atoms with Crippen molar-refractivity contribution >= 4 is 28.3 Å². The molecular formula is C18H28ClN3O3S. The van der Waals surface area contributed by atoms with Crippen molar-refractivity contribution in [1.29, 1.82) is 0 Å². The van der Waals surface area contributed by atoms with E-state index in [1.807, 2.05) is 0 Å². The molecule has 3 rings (SSSR count). The highest BCUT2D eigenvalue weighted by molar-refractivity contribution is 7.89. The Bertz CT molecular complexity index is 684. The van der Waals surface area contributed by atoms with E-state index in [4.69, 9.17) is 0 Å². The molecular weight excluding hydrogens is 374 g/mol. The molecule has 1 aliphatic carbocycles. The van der Waals surface area contributed by atoms with Crippen molar-refractivity contribution in [3.8, 4) is 0 Å². The number of nitrogens with one attached hydrogen (secondary N) is 3. The molecule has 8 heteroatoms. The number of benzene rings is 1. The molecule has 1 aromatic rings. The predicted molar refractivity (Wildman–Crippen MR) is 104 cm³/mol. The SMILES string of the molecule is Cl.O=C(CCc1ccc(S(=O)(=O)NC2CC2)cc1)NCC1CCCNC1. The largest absolute Gasteiger partial charge is 0.356 e. The van der Waals surface area contributed by atoms with Crippen LogP contribution >= 0.6 is 12.4 Å². The van der Waals surface area contributed by atoms with Crippen LogP contribution in [0.15, 0.2) is 29.2 Å². The van der Waals surface area contributed by atoms with Gasteiger partial charge in [0.05, 0.1) is 4.90 Å². The standard InChI is InChI=1S/C18H27N3O3S.ClH/c22-18(20-13-15-2-1-11-19-12-15)10-5-14-3-8-17(9-4-14)25(23,24)21-16-6-7-16;/h3-4,8-9,15-16,19,21H,1-2,5-7,10-13H2,(H,20,22);1H. The van der Waals surface area contributed by atoms with Gasteiger partial charge in [-0.1, -0.05) is 12.1 Å².